The topological polar surface area (TPSA) is 108 Å². The van der Waals surface area contributed by atoms with Crippen LogP contribution in [-0.4, -0.2) is 45.8 Å². The predicted molar refractivity (Wildman–Crippen MR) is 135 cm³/mol. The second kappa shape index (κ2) is 9.22. The molecule has 8 nitrogen and oxygen atoms in total. The minimum absolute atomic E-state index is 0.0156. The van der Waals surface area contributed by atoms with Crippen LogP contribution in [0.15, 0.2) is 33.5 Å². The van der Waals surface area contributed by atoms with Crippen LogP contribution in [0.5, 0.6) is 0 Å². The molecular formula is C28H32N4O4. The van der Waals surface area contributed by atoms with Crippen molar-refractivity contribution in [1.82, 2.24) is 20.2 Å². The molecule has 188 valence electrons. The molecule has 2 amide bonds. The smallest absolute Gasteiger partial charge is 0.256 e. The van der Waals surface area contributed by atoms with E-state index >= 15 is 0 Å². The summed E-state index contributed by atoms with van der Waals surface area (Å²) in [7, 11) is 0. The fourth-order valence-electron chi connectivity index (χ4n) is 6.54. The molecule has 6 rings (SSSR count). The molecule has 1 saturated heterocycles. The van der Waals surface area contributed by atoms with Crippen LogP contribution < -0.4 is 10.9 Å². The summed E-state index contributed by atoms with van der Waals surface area (Å²) in [5, 5.41) is 3.24. The number of nitrogens with one attached hydrogen (secondary N) is 2. The minimum Gasteiger partial charge on any atom is -0.441 e. The van der Waals surface area contributed by atoms with Gasteiger partial charge < -0.3 is 19.6 Å². The van der Waals surface area contributed by atoms with Crippen molar-refractivity contribution in [3.8, 4) is 0 Å². The van der Waals surface area contributed by atoms with E-state index in [0.717, 1.165) is 69.2 Å². The van der Waals surface area contributed by atoms with Crippen LogP contribution in [0.25, 0.3) is 11.1 Å². The zero-order valence-electron chi connectivity index (χ0n) is 20.6. The largest absolute Gasteiger partial charge is 0.441 e. The lowest BCUT2D eigenvalue weighted by Gasteiger charge is -2.43. The molecule has 2 aliphatic carbocycles. The Morgan fingerprint density at radius 2 is 1.97 bits per heavy atom. The number of H-pyrrole nitrogens is 1. The van der Waals surface area contributed by atoms with Crippen LogP contribution in [-0.2, 0) is 12.8 Å². The summed E-state index contributed by atoms with van der Waals surface area (Å²) in [6.45, 7) is 3.23. The van der Waals surface area contributed by atoms with Gasteiger partial charge in [0, 0.05) is 43.4 Å². The van der Waals surface area contributed by atoms with Crippen molar-refractivity contribution < 1.29 is 14.0 Å². The molecule has 8 heteroatoms. The number of para-hydroxylation sites is 1. The number of fused-ring (bicyclic) bond motifs is 3. The van der Waals surface area contributed by atoms with Gasteiger partial charge in [0.2, 0.25) is 5.56 Å². The molecule has 36 heavy (non-hydrogen) atoms. The number of piperidine rings is 1. The average Bonchev–Trinajstić information content (AvgIpc) is 3.27. The lowest BCUT2D eigenvalue weighted by atomic mass is 9.73. The van der Waals surface area contributed by atoms with Gasteiger partial charge in [-0.2, -0.15) is 0 Å². The molecular weight excluding hydrogens is 456 g/mol. The van der Waals surface area contributed by atoms with E-state index in [1.54, 1.807) is 6.92 Å². The number of amides is 2. The minimum atomic E-state index is -0.196. The second-order valence-corrected chi connectivity index (χ2v) is 10.6. The van der Waals surface area contributed by atoms with E-state index in [9.17, 15) is 14.4 Å². The third kappa shape index (κ3) is 4.22. The van der Waals surface area contributed by atoms with Crippen molar-refractivity contribution in [2.45, 2.75) is 64.3 Å². The van der Waals surface area contributed by atoms with Gasteiger partial charge in [-0.3, -0.25) is 14.4 Å². The molecule has 3 unspecified atom stereocenters. The van der Waals surface area contributed by atoms with Crippen molar-refractivity contribution in [3.63, 3.8) is 0 Å². The van der Waals surface area contributed by atoms with E-state index < -0.39 is 0 Å². The fourth-order valence-corrected chi connectivity index (χ4v) is 6.54. The van der Waals surface area contributed by atoms with Crippen molar-refractivity contribution in [2.75, 3.05) is 13.1 Å². The van der Waals surface area contributed by atoms with E-state index in [-0.39, 0.29) is 23.4 Å². The van der Waals surface area contributed by atoms with Gasteiger partial charge in [0.15, 0.2) is 11.5 Å². The normalized spacial score (nSPS) is 23.7. The monoisotopic (exact) mass is 488 g/mol. The number of carbonyl (C=O) groups is 2. The SMILES string of the molecule is Cc1nc2c(C(=O)N3CCC4CC(NC(=O)c5cc(=O)[nH]c6c5CCCC6)CCC4C3)cccc2o1. The second-order valence-electron chi connectivity index (χ2n) is 10.6. The number of pyridine rings is 1. The third-order valence-electron chi connectivity index (χ3n) is 8.33. The van der Waals surface area contributed by atoms with Gasteiger partial charge in [-0.25, -0.2) is 4.98 Å². The summed E-state index contributed by atoms with van der Waals surface area (Å²) in [5.74, 6) is 1.37. The van der Waals surface area contributed by atoms with Crippen LogP contribution in [0.2, 0.25) is 0 Å². The van der Waals surface area contributed by atoms with Crippen LogP contribution >= 0.6 is 0 Å². The first-order chi connectivity index (χ1) is 17.5. The Hall–Kier alpha value is -3.42. The van der Waals surface area contributed by atoms with Crippen molar-refractivity contribution in [3.05, 3.63) is 62.9 Å². The maximum atomic E-state index is 13.4. The van der Waals surface area contributed by atoms with Gasteiger partial charge in [0.1, 0.15) is 5.52 Å². The van der Waals surface area contributed by atoms with Gasteiger partial charge in [0.25, 0.3) is 11.8 Å². The fraction of sp³-hybridized carbons (Fsp3) is 0.500. The number of benzene rings is 1. The Labute approximate surface area is 209 Å². The van der Waals surface area contributed by atoms with E-state index in [1.807, 2.05) is 23.1 Å². The highest BCUT2D eigenvalue weighted by Gasteiger charge is 2.37. The van der Waals surface area contributed by atoms with E-state index in [2.05, 4.69) is 15.3 Å². The Kier molecular flexibility index (Phi) is 5.90. The van der Waals surface area contributed by atoms with Crippen LogP contribution in [0.1, 0.15) is 76.4 Å². The molecule has 0 radical (unpaired) electrons. The Morgan fingerprint density at radius 3 is 2.86 bits per heavy atom. The maximum Gasteiger partial charge on any atom is 0.256 e. The number of aryl methyl sites for hydroxylation is 2. The number of likely N-dealkylation sites (tertiary alicyclic amines) is 1. The first kappa shape index (κ1) is 23.0. The number of hydrogen-bond donors (Lipinski definition) is 2. The molecule has 0 bridgehead atoms. The van der Waals surface area contributed by atoms with Crippen molar-refractivity contribution in [1.29, 1.82) is 0 Å². The number of hydrogen-bond acceptors (Lipinski definition) is 5. The standard InChI is InChI=1S/C28H32N4O4/c1-16-29-26-21(6-4-8-24(26)36-16)28(35)32-12-11-17-13-19(10-9-18(17)15-32)30-27(34)22-14-25(33)31-23-7-3-2-5-20(22)23/h4,6,8,14,17-19H,2-3,5,7,9-13,15H2,1H3,(H,30,34)(H,31,33). The Balaban J connectivity index is 1.11. The molecule has 2 fully saturated rings. The molecule has 1 aliphatic heterocycles. The van der Waals surface area contributed by atoms with Crippen LogP contribution in [0.3, 0.4) is 0 Å². The summed E-state index contributed by atoms with van der Waals surface area (Å²) in [6, 6.07) is 7.09. The summed E-state index contributed by atoms with van der Waals surface area (Å²) >= 11 is 0. The van der Waals surface area contributed by atoms with Gasteiger partial charge in [-0.05, 0) is 80.9 Å². The first-order valence-corrected chi connectivity index (χ1v) is 13.2. The molecule has 2 N–H and O–H groups in total. The number of rotatable bonds is 3. The number of aromatic nitrogens is 2. The number of oxazole rings is 1. The van der Waals surface area contributed by atoms with Crippen LogP contribution in [0, 0.1) is 18.8 Å². The Bertz CT molecular complexity index is 1390. The highest BCUT2D eigenvalue weighted by Crippen LogP contribution is 2.37. The maximum absolute atomic E-state index is 13.4. The van der Waals surface area contributed by atoms with E-state index in [4.69, 9.17) is 4.42 Å². The van der Waals surface area contributed by atoms with Gasteiger partial charge in [0.05, 0.1) is 5.56 Å². The molecule has 3 heterocycles. The van der Waals surface area contributed by atoms with Crippen LogP contribution in [0.4, 0.5) is 0 Å². The average molecular weight is 489 g/mol. The van der Waals surface area contributed by atoms with Crippen molar-refractivity contribution in [2.24, 2.45) is 11.8 Å². The summed E-state index contributed by atoms with van der Waals surface area (Å²) < 4.78 is 5.61. The number of carbonyl (C=O) groups excluding carboxylic acids is 2. The Morgan fingerprint density at radius 1 is 1.11 bits per heavy atom. The van der Waals surface area contributed by atoms with Gasteiger partial charge >= 0.3 is 0 Å². The quantitative estimate of drug-likeness (QED) is 0.584. The highest BCUT2D eigenvalue weighted by molar-refractivity contribution is 6.04. The summed E-state index contributed by atoms with van der Waals surface area (Å²) in [6.07, 6.45) is 7.48. The molecule has 3 aromatic rings. The molecule has 3 aliphatic rings. The number of aromatic amines is 1. The summed E-state index contributed by atoms with van der Waals surface area (Å²) in [4.78, 5) is 48.0. The molecule has 2 aromatic heterocycles. The van der Waals surface area contributed by atoms with Gasteiger partial charge in [-0.1, -0.05) is 6.07 Å². The van der Waals surface area contributed by atoms with Crippen molar-refractivity contribution >= 4 is 22.9 Å². The van der Waals surface area contributed by atoms with E-state index in [0.29, 0.717) is 46.5 Å². The molecule has 0 spiro atoms. The summed E-state index contributed by atoms with van der Waals surface area (Å²) in [5.41, 5.74) is 4.17. The number of nitrogens with zero attached hydrogens (tertiary/aromatic N) is 2. The zero-order valence-corrected chi connectivity index (χ0v) is 20.6. The molecule has 1 aromatic carbocycles. The predicted octanol–water partition coefficient (Wildman–Crippen LogP) is 3.76. The molecule has 1 saturated carbocycles. The zero-order chi connectivity index (χ0) is 24.8. The van der Waals surface area contributed by atoms with E-state index in [1.165, 1.54) is 6.07 Å². The molecule has 3 atom stereocenters. The lowest BCUT2D eigenvalue weighted by Crippen LogP contribution is -2.49. The van der Waals surface area contributed by atoms with Gasteiger partial charge in [-0.15, -0.1) is 0 Å². The first-order valence-electron chi connectivity index (χ1n) is 13.2. The third-order valence-corrected chi connectivity index (χ3v) is 8.33. The highest BCUT2D eigenvalue weighted by atomic mass is 16.3. The lowest BCUT2D eigenvalue weighted by molar-refractivity contribution is 0.0480.